The van der Waals surface area contributed by atoms with Gasteiger partial charge >= 0.3 is 0 Å². The van der Waals surface area contributed by atoms with Gasteiger partial charge in [-0.05, 0) is 24.3 Å². The zero-order valence-electron chi connectivity index (χ0n) is 11.7. The van der Waals surface area contributed by atoms with Gasteiger partial charge in [-0.15, -0.1) is 0 Å². The SMILES string of the molecule is Cn1ccc(C(=O)N2CC(Nc3cccc(C#N)c3)C2)n1. The molecule has 6 nitrogen and oxygen atoms in total. The Morgan fingerprint density at radius 2 is 2.24 bits per heavy atom. The minimum atomic E-state index is -0.0422. The predicted molar refractivity (Wildman–Crippen MR) is 77.7 cm³/mol. The molecule has 1 N–H and O–H groups in total. The number of aromatic nitrogens is 2. The normalized spacial score (nSPS) is 14.4. The summed E-state index contributed by atoms with van der Waals surface area (Å²) in [6, 6.07) is 11.4. The highest BCUT2D eigenvalue weighted by molar-refractivity contribution is 5.92. The summed E-state index contributed by atoms with van der Waals surface area (Å²) >= 11 is 0. The smallest absolute Gasteiger partial charge is 0.274 e. The van der Waals surface area contributed by atoms with Crippen LogP contribution >= 0.6 is 0 Å². The Balaban J connectivity index is 1.56. The van der Waals surface area contributed by atoms with Gasteiger partial charge < -0.3 is 10.2 Å². The molecule has 1 aliphatic heterocycles. The summed E-state index contributed by atoms with van der Waals surface area (Å²) in [6.07, 6.45) is 1.76. The molecule has 1 saturated heterocycles. The van der Waals surface area contributed by atoms with Crippen LogP contribution in [0.25, 0.3) is 0 Å². The predicted octanol–water partition coefficient (Wildman–Crippen LogP) is 1.23. The van der Waals surface area contributed by atoms with Gasteiger partial charge in [-0.3, -0.25) is 9.48 Å². The third kappa shape index (κ3) is 2.72. The maximum Gasteiger partial charge on any atom is 0.274 e. The highest BCUT2D eigenvalue weighted by Gasteiger charge is 2.32. The molecule has 1 fully saturated rings. The van der Waals surface area contributed by atoms with Gasteiger partial charge in [-0.2, -0.15) is 10.4 Å². The summed E-state index contributed by atoms with van der Waals surface area (Å²) in [5.74, 6) is -0.0422. The summed E-state index contributed by atoms with van der Waals surface area (Å²) in [5.41, 5.74) is 2.01. The fourth-order valence-electron chi connectivity index (χ4n) is 2.34. The van der Waals surface area contributed by atoms with Crippen LogP contribution in [0.4, 0.5) is 5.69 Å². The number of likely N-dealkylation sites (tertiary alicyclic amines) is 1. The fraction of sp³-hybridized carbons (Fsp3) is 0.267. The van der Waals surface area contributed by atoms with E-state index in [1.807, 2.05) is 18.2 Å². The van der Waals surface area contributed by atoms with Crippen LogP contribution in [0.1, 0.15) is 16.1 Å². The summed E-state index contributed by atoms with van der Waals surface area (Å²) in [5, 5.41) is 16.3. The largest absolute Gasteiger partial charge is 0.379 e. The number of rotatable bonds is 3. The zero-order valence-corrected chi connectivity index (χ0v) is 11.7. The zero-order chi connectivity index (χ0) is 14.8. The van der Waals surface area contributed by atoms with Gasteiger partial charge in [0.15, 0.2) is 0 Å². The van der Waals surface area contributed by atoms with Gasteiger partial charge in [-0.25, -0.2) is 0 Å². The van der Waals surface area contributed by atoms with Gasteiger partial charge in [0, 0.05) is 32.0 Å². The summed E-state index contributed by atoms with van der Waals surface area (Å²) in [7, 11) is 1.79. The van der Waals surface area contributed by atoms with Crippen LogP contribution in [0.15, 0.2) is 36.5 Å². The van der Waals surface area contributed by atoms with Crippen molar-refractivity contribution in [3.8, 4) is 6.07 Å². The van der Waals surface area contributed by atoms with Gasteiger partial charge in [0.2, 0.25) is 0 Å². The highest BCUT2D eigenvalue weighted by Crippen LogP contribution is 2.18. The standard InChI is InChI=1S/C15H15N5O/c1-19-6-5-14(18-19)15(21)20-9-13(10-20)17-12-4-2-3-11(7-12)8-16/h2-7,13,17H,9-10H2,1H3. The Morgan fingerprint density at radius 1 is 1.43 bits per heavy atom. The maximum absolute atomic E-state index is 12.1. The lowest BCUT2D eigenvalue weighted by atomic mass is 10.1. The first kappa shape index (κ1) is 13.2. The van der Waals surface area contributed by atoms with Crippen LogP contribution in [-0.2, 0) is 7.05 Å². The lowest BCUT2D eigenvalue weighted by Gasteiger charge is -2.39. The molecular formula is C15H15N5O. The lowest BCUT2D eigenvalue weighted by molar-refractivity contribution is 0.0618. The molecule has 0 spiro atoms. The minimum absolute atomic E-state index is 0.0422. The first-order valence-corrected chi connectivity index (χ1v) is 6.71. The van der Waals surface area contributed by atoms with Gasteiger partial charge in [0.25, 0.3) is 5.91 Å². The second kappa shape index (κ2) is 5.29. The topological polar surface area (TPSA) is 74.0 Å². The number of carbonyl (C=O) groups excluding carboxylic acids is 1. The van der Waals surface area contributed by atoms with Crippen LogP contribution in [0.5, 0.6) is 0 Å². The monoisotopic (exact) mass is 281 g/mol. The van der Waals surface area contributed by atoms with Gasteiger partial charge in [0.05, 0.1) is 17.7 Å². The van der Waals surface area contributed by atoms with E-state index in [-0.39, 0.29) is 11.9 Å². The van der Waals surface area contributed by atoms with E-state index in [4.69, 9.17) is 5.26 Å². The number of nitrogens with zero attached hydrogens (tertiary/aromatic N) is 4. The van der Waals surface area contributed by atoms with E-state index in [0.717, 1.165) is 5.69 Å². The Hall–Kier alpha value is -2.81. The molecule has 2 heterocycles. The summed E-state index contributed by atoms with van der Waals surface area (Å²) < 4.78 is 1.62. The number of amides is 1. The van der Waals surface area contributed by atoms with Crippen molar-refractivity contribution >= 4 is 11.6 Å². The average Bonchev–Trinajstić information content (AvgIpc) is 2.88. The Morgan fingerprint density at radius 3 is 2.90 bits per heavy atom. The van der Waals surface area contributed by atoms with Crippen LogP contribution in [-0.4, -0.2) is 39.7 Å². The number of carbonyl (C=O) groups is 1. The van der Waals surface area contributed by atoms with E-state index in [9.17, 15) is 4.79 Å². The van der Waals surface area contributed by atoms with Crippen molar-refractivity contribution in [3.05, 3.63) is 47.8 Å². The van der Waals surface area contributed by atoms with Crippen molar-refractivity contribution in [1.82, 2.24) is 14.7 Å². The first-order valence-electron chi connectivity index (χ1n) is 6.71. The van der Waals surface area contributed by atoms with Gasteiger partial charge in [0.1, 0.15) is 5.69 Å². The quantitative estimate of drug-likeness (QED) is 0.918. The molecule has 0 saturated carbocycles. The van der Waals surface area contributed by atoms with E-state index >= 15 is 0 Å². The van der Waals surface area contributed by atoms with E-state index in [0.29, 0.717) is 24.3 Å². The molecule has 1 aliphatic rings. The van der Waals surface area contributed by atoms with Crippen molar-refractivity contribution in [2.24, 2.45) is 7.05 Å². The second-order valence-electron chi connectivity index (χ2n) is 5.12. The first-order chi connectivity index (χ1) is 10.2. The molecule has 3 rings (SSSR count). The Kier molecular flexibility index (Phi) is 3.32. The van der Waals surface area contributed by atoms with E-state index in [1.165, 1.54) is 0 Å². The fourth-order valence-corrected chi connectivity index (χ4v) is 2.34. The molecule has 0 unspecified atom stereocenters. The number of nitrogens with one attached hydrogen (secondary N) is 1. The third-order valence-corrected chi connectivity index (χ3v) is 3.46. The average molecular weight is 281 g/mol. The van der Waals surface area contributed by atoms with Crippen LogP contribution in [0.3, 0.4) is 0 Å². The minimum Gasteiger partial charge on any atom is -0.379 e. The maximum atomic E-state index is 12.1. The van der Waals surface area contributed by atoms with E-state index in [2.05, 4.69) is 16.5 Å². The third-order valence-electron chi connectivity index (χ3n) is 3.46. The van der Waals surface area contributed by atoms with Crippen molar-refractivity contribution in [2.45, 2.75) is 6.04 Å². The molecule has 6 heteroatoms. The summed E-state index contributed by atoms with van der Waals surface area (Å²) in [6.45, 7) is 1.29. The van der Waals surface area contributed by atoms with Crippen molar-refractivity contribution in [2.75, 3.05) is 18.4 Å². The van der Waals surface area contributed by atoms with Crippen LogP contribution < -0.4 is 5.32 Å². The van der Waals surface area contributed by atoms with Crippen molar-refractivity contribution in [1.29, 1.82) is 5.26 Å². The summed E-state index contributed by atoms with van der Waals surface area (Å²) in [4.78, 5) is 13.9. The molecule has 1 aromatic carbocycles. The number of nitriles is 1. The van der Waals surface area contributed by atoms with Crippen LogP contribution in [0.2, 0.25) is 0 Å². The van der Waals surface area contributed by atoms with E-state index in [1.54, 1.807) is 35.0 Å². The lowest BCUT2D eigenvalue weighted by Crippen LogP contribution is -2.57. The highest BCUT2D eigenvalue weighted by atomic mass is 16.2. The number of benzene rings is 1. The van der Waals surface area contributed by atoms with Crippen molar-refractivity contribution < 1.29 is 4.79 Å². The van der Waals surface area contributed by atoms with Crippen molar-refractivity contribution in [3.63, 3.8) is 0 Å². The Labute approximate surface area is 122 Å². The van der Waals surface area contributed by atoms with Gasteiger partial charge in [-0.1, -0.05) is 6.07 Å². The molecule has 21 heavy (non-hydrogen) atoms. The number of anilines is 1. The number of hydrogen-bond donors (Lipinski definition) is 1. The molecule has 0 atom stereocenters. The number of aryl methyl sites for hydroxylation is 1. The second-order valence-corrected chi connectivity index (χ2v) is 5.12. The molecule has 2 aromatic rings. The van der Waals surface area contributed by atoms with Crippen LogP contribution in [0, 0.1) is 11.3 Å². The molecule has 1 amide bonds. The Bertz CT molecular complexity index is 709. The molecular weight excluding hydrogens is 266 g/mol. The van der Waals surface area contributed by atoms with E-state index < -0.39 is 0 Å². The molecule has 1 aromatic heterocycles. The number of hydrogen-bond acceptors (Lipinski definition) is 4. The molecule has 0 bridgehead atoms. The molecule has 0 radical (unpaired) electrons. The molecule has 0 aliphatic carbocycles. The molecule has 106 valence electrons.